The van der Waals surface area contributed by atoms with Gasteiger partial charge in [-0.3, -0.25) is 0 Å². The number of hydrogen-bond donors (Lipinski definition) is 0. The first-order valence-corrected chi connectivity index (χ1v) is 3.91. The molecule has 0 aromatic carbocycles. The number of halogens is 2. The summed E-state index contributed by atoms with van der Waals surface area (Å²) < 4.78 is 0. The van der Waals surface area contributed by atoms with E-state index in [1.54, 1.807) is 0 Å². The molecule has 0 aliphatic carbocycles. The molecule has 0 radical (unpaired) electrons. The summed E-state index contributed by atoms with van der Waals surface area (Å²) in [5.41, 5.74) is 0. The largest absolute Gasteiger partial charge is 0.0895 e. The van der Waals surface area contributed by atoms with Crippen molar-refractivity contribution in [3.8, 4) is 0 Å². The van der Waals surface area contributed by atoms with Crippen LogP contribution in [0.4, 0.5) is 0 Å². The van der Waals surface area contributed by atoms with Gasteiger partial charge in [0.15, 0.2) is 0 Å². The number of rotatable bonds is 3. The summed E-state index contributed by atoms with van der Waals surface area (Å²) in [7, 11) is 0. The molecule has 0 fully saturated rings. The highest BCUT2D eigenvalue weighted by molar-refractivity contribution is 6.31. The predicted molar refractivity (Wildman–Crippen MR) is 48.3 cm³/mol. The molecule has 0 amide bonds. The van der Waals surface area contributed by atoms with E-state index in [2.05, 4.69) is 13.2 Å². The molecule has 58 valence electrons. The van der Waals surface area contributed by atoms with Crippen molar-refractivity contribution in [1.29, 1.82) is 0 Å². The number of allylic oxidation sites excluding steroid dienone is 2. The Bertz CT molecular complexity index is 131. The molecule has 0 aliphatic rings. The van der Waals surface area contributed by atoms with Crippen molar-refractivity contribution < 1.29 is 0 Å². The molecular formula is C8H12Cl2. The Hall–Kier alpha value is 0.0600. The van der Waals surface area contributed by atoms with Gasteiger partial charge in [-0.2, -0.15) is 0 Å². The Morgan fingerprint density at radius 3 is 1.30 bits per heavy atom. The standard InChI is InChI=1S/C8H12Cl2/c1-5(7(3)9)6(2)8(4)10/h5-6H,3-4H2,1-2H3. The minimum Gasteiger partial charge on any atom is -0.0895 e. The molecule has 2 atom stereocenters. The summed E-state index contributed by atoms with van der Waals surface area (Å²) in [6.07, 6.45) is 0. The van der Waals surface area contributed by atoms with E-state index >= 15 is 0 Å². The second kappa shape index (κ2) is 4.05. The third kappa shape index (κ3) is 2.76. The van der Waals surface area contributed by atoms with E-state index < -0.39 is 0 Å². The summed E-state index contributed by atoms with van der Waals surface area (Å²) in [6.45, 7) is 11.2. The van der Waals surface area contributed by atoms with Crippen LogP contribution >= 0.6 is 23.2 Å². The van der Waals surface area contributed by atoms with Gasteiger partial charge in [0.2, 0.25) is 0 Å². The molecule has 0 aliphatic heterocycles. The average Bonchev–Trinajstić information content (AvgIpc) is 1.84. The van der Waals surface area contributed by atoms with Gasteiger partial charge < -0.3 is 0 Å². The Morgan fingerprint density at radius 2 is 1.20 bits per heavy atom. The first-order valence-electron chi connectivity index (χ1n) is 3.15. The monoisotopic (exact) mass is 178 g/mol. The Morgan fingerprint density at radius 1 is 1.00 bits per heavy atom. The summed E-state index contributed by atoms with van der Waals surface area (Å²) in [5.74, 6) is 0.401. The molecular weight excluding hydrogens is 167 g/mol. The second-order valence-electron chi connectivity index (χ2n) is 2.47. The lowest BCUT2D eigenvalue weighted by Crippen LogP contribution is -2.06. The molecule has 0 heterocycles. The van der Waals surface area contributed by atoms with Gasteiger partial charge in [-0.15, -0.1) is 0 Å². The Balaban J connectivity index is 4.07. The first-order chi connectivity index (χ1) is 4.46. The smallest absolute Gasteiger partial charge is 0.0143 e. The van der Waals surface area contributed by atoms with Gasteiger partial charge in [0.05, 0.1) is 0 Å². The maximum Gasteiger partial charge on any atom is 0.0143 e. The van der Waals surface area contributed by atoms with Gasteiger partial charge >= 0.3 is 0 Å². The van der Waals surface area contributed by atoms with E-state index in [1.165, 1.54) is 0 Å². The van der Waals surface area contributed by atoms with Crippen molar-refractivity contribution in [2.75, 3.05) is 0 Å². The summed E-state index contributed by atoms with van der Waals surface area (Å²) >= 11 is 11.3. The molecule has 0 rings (SSSR count). The lowest BCUT2D eigenvalue weighted by Gasteiger charge is -2.16. The van der Waals surface area contributed by atoms with Gasteiger partial charge in [0.1, 0.15) is 0 Å². The summed E-state index contributed by atoms with van der Waals surface area (Å²) in [4.78, 5) is 0. The van der Waals surface area contributed by atoms with Gasteiger partial charge in [-0.25, -0.2) is 0 Å². The molecule has 0 saturated carbocycles. The molecule has 2 heteroatoms. The highest BCUT2D eigenvalue weighted by Gasteiger charge is 2.15. The minimum absolute atomic E-state index is 0.201. The van der Waals surface area contributed by atoms with E-state index in [4.69, 9.17) is 23.2 Å². The maximum absolute atomic E-state index is 5.67. The van der Waals surface area contributed by atoms with Crippen LogP contribution in [-0.4, -0.2) is 0 Å². The van der Waals surface area contributed by atoms with Crippen molar-refractivity contribution >= 4 is 23.2 Å². The quantitative estimate of drug-likeness (QED) is 0.618. The normalized spacial score (nSPS) is 16.0. The molecule has 0 N–H and O–H groups in total. The zero-order valence-corrected chi connectivity index (χ0v) is 7.84. The van der Waals surface area contributed by atoms with E-state index in [-0.39, 0.29) is 11.8 Å². The highest BCUT2D eigenvalue weighted by Crippen LogP contribution is 2.28. The summed E-state index contributed by atoms with van der Waals surface area (Å²) in [6, 6.07) is 0. The fourth-order valence-electron chi connectivity index (χ4n) is 0.543. The van der Waals surface area contributed by atoms with Crippen molar-refractivity contribution in [2.45, 2.75) is 13.8 Å². The van der Waals surface area contributed by atoms with Crippen LogP contribution in [0.5, 0.6) is 0 Å². The zero-order valence-electron chi connectivity index (χ0n) is 6.32. The molecule has 10 heavy (non-hydrogen) atoms. The minimum atomic E-state index is 0.201. The van der Waals surface area contributed by atoms with E-state index in [0.29, 0.717) is 10.1 Å². The van der Waals surface area contributed by atoms with Crippen LogP contribution in [0.15, 0.2) is 23.2 Å². The third-order valence-corrected chi connectivity index (χ3v) is 2.43. The SMILES string of the molecule is C=C(Cl)C(C)C(C)C(=C)Cl. The maximum atomic E-state index is 5.67. The van der Waals surface area contributed by atoms with E-state index in [1.807, 2.05) is 13.8 Å². The van der Waals surface area contributed by atoms with Gasteiger partial charge in [0.25, 0.3) is 0 Å². The van der Waals surface area contributed by atoms with E-state index in [0.717, 1.165) is 0 Å². The highest BCUT2D eigenvalue weighted by atomic mass is 35.5. The molecule has 0 aromatic rings. The Kier molecular flexibility index (Phi) is 4.07. The topological polar surface area (TPSA) is 0 Å². The lowest BCUT2D eigenvalue weighted by molar-refractivity contribution is 0.542. The van der Waals surface area contributed by atoms with Crippen LogP contribution in [-0.2, 0) is 0 Å². The van der Waals surface area contributed by atoms with Gasteiger partial charge in [-0.05, 0) is 11.8 Å². The molecule has 0 spiro atoms. The lowest BCUT2D eigenvalue weighted by atomic mass is 9.96. The van der Waals surface area contributed by atoms with Crippen molar-refractivity contribution in [1.82, 2.24) is 0 Å². The van der Waals surface area contributed by atoms with Crippen LogP contribution < -0.4 is 0 Å². The average molecular weight is 179 g/mol. The van der Waals surface area contributed by atoms with Crippen molar-refractivity contribution in [2.24, 2.45) is 11.8 Å². The fraction of sp³-hybridized carbons (Fsp3) is 0.500. The number of hydrogen-bond acceptors (Lipinski definition) is 0. The van der Waals surface area contributed by atoms with Crippen LogP contribution in [0.3, 0.4) is 0 Å². The zero-order chi connectivity index (χ0) is 8.31. The second-order valence-corrected chi connectivity index (χ2v) is 3.44. The molecule has 0 saturated heterocycles. The first kappa shape index (κ1) is 10.1. The third-order valence-electron chi connectivity index (χ3n) is 1.74. The molecule has 0 aromatic heterocycles. The van der Waals surface area contributed by atoms with Gasteiger partial charge in [-0.1, -0.05) is 50.2 Å². The molecule has 0 bridgehead atoms. The van der Waals surface area contributed by atoms with Gasteiger partial charge in [0, 0.05) is 10.1 Å². The molecule has 0 nitrogen and oxygen atoms in total. The fourth-order valence-corrected chi connectivity index (χ4v) is 0.921. The van der Waals surface area contributed by atoms with E-state index in [9.17, 15) is 0 Å². The van der Waals surface area contributed by atoms with Crippen LogP contribution in [0.1, 0.15) is 13.8 Å². The molecule has 2 unspecified atom stereocenters. The van der Waals surface area contributed by atoms with Crippen molar-refractivity contribution in [3.05, 3.63) is 23.2 Å². The van der Waals surface area contributed by atoms with Crippen LogP contribution in [0.25, 0.3) is 0 Å². The van der Waals surface area contributed by atoms with Crippen LogP contribution in [0.2, 0.25) is 0 Å². The Labute approximate surface area is 72.5 Å². The summed E-state index contributed by atoms with van der Waals surface area (Å²) in [5, 5.41) is 1.27. The predicted octanol–water partition coefficient (Wildman–Crippen LogP) is 3.76. The van der Waals surface area contributed by atoms with Crippen molar-refractivity contribution in [3.63, 3.8) is 0 Å². The van der Waals surface area contributed by atoms with Crippen LogP contribution in [0, 0.1) is 11.8 Å².